The number of aryl methyl sites for hydroxylation is 2. The molecule has 33 heavy (non-hydrogen) atoms. The molecular weight excluding hydrogens is 414 g/mol. The van der Waals surface area contributed by atoms with Crippen LogP contribution < -0.4 is 5.32 Å². The molecule has 5 heteroatoms. The van der Waals surface area contributed by atoms with Gasteiger partial charge in [0.15, 0.2) is 17.3 Å². The molecule has 0 spiro atoms. The van der Waals surface area contributed by atoms with Crippen LogP contribution in [0.2, 0.25) is 0 Å². The molecule has 3 aromatic carbocycles. The van der Waals surface area contributed by atoms with E-state index in [1.807, 2.05) is 18.2 Å². The van der Waals surface area contributed by atoms with Crippen LogP contribution in [0, 0.1) is 0 Å². The quantitative estimate of drug-likeness (QED) is 0.449. The molecule has 3 aromatic rings. The maximum atomic E-state index is 13.1. The Bertz CT molecular complexity index is 1320. The highest BCUT2D eigenvalue weighted by Gasteiger charge is 2.31. The summed E-state index contributed by atoms with van der Waals surface area (Å²) in [5.74, 6) is -0.970. The third-order valence-corrected chi connectivity index (χ3v) is 6.48. The smallest absolute Gasteiger partial charge is 0.224 e. The molecule has 0 radical (unpaired) electrons. The molecule has 2 aliphatic rings. The first kappa shape index (κ1) is 21.0. The molecule has 0 heterocycles. The summed E-state index contributed by atoms with van der Waals surface area (Å²) in [5.41, 5.74) is 4.66. The number of nitrogens with one attached hydrogen (secondary N) is 1. The number of amides is 1. The zero-order valence-electron chi connectivity index (χ0n) is 18.1. The highest BCUT2D eigenvalue weighted by Crippen LogP contribution is 2.32. The normalized spacial score (nSPS) is 14.2. The molecule has 0 saturated carbocycles. The number of carbonyl (C=O) groups excluding carboxylic acids is 4. The summed E-state index contributed by atoms with van der Waals surface area (Å²) in [6.07, 6.45) is 4.45. The summed E-state index contributed by atoms with van der Waals surface area (Å²) in [5, 5.41) is 2.74. The first-order valence-electron chi connectivity index (χ1n) is 11.3. The molecule has 0 aliphatic heterocycles. The molecule has 0 bridgehead atoms. The second-order valence-electron chi connectivity index (χ2n) is 8.59. The van der Waals surface area contributed by atoms with Gasteiger partial charge in [-0.15, -0.1) is 0 Å². The minimum absolute atomic E-state index is 0.00168. The van der Waals surface area contributed by atoms with Crippen molar-refractivity contribution in [1.29, 1.82) is 0 Å². The van der Waals surface area contributed by atoms with Crippen molar-refractivity contribution in [3.05, 3.63) is 99.6 Å². The zero-order chi connectivity index (χ0) is 22.9. The number of Topliss-reactive ketones (excluding diaryl/α,β-unsaturated/α-hetero) is 1. The van der Waals surface area contributed by atoms with Gasteiger partial charge in [-0.1, -0.05) is 48.5 Å². The van der Waals surface area contributed by atoms with Gasteiger partial charge in [-0.2, -0.15) is 0 Å². The van der Waals surface area contributed by atoms with Crippen LogP contribution in [-0.4, -0.2) is 23.3 Å². The Morgan fingerprint density at radius 1 is 0.727 bits per heavy atom. The van der Waals surface area contributed by atoms with E-state index in [9.17, 15) is 19.2 Å². The minimum Gasteiger partial charge on any atom is -0.325 e. The van der Waals surface area contributed by atoms with Gasteiger partial charge in [0, 0.05) is 35.1 Å². The van der Waals surface area contributed by atoms with Gasteiger partial charge in [-0.3, -0.25) is 19.2 Å². The monoisotopic (exact) mass is 437 g/mol. The number of rotatable bonds is 5. The SMILES string of the molecule is O=C(CCC(=O)c1ccc2c(c1)CCCC2)Nc1cccc2c1C(=O)c1ccccc1C2=O. The largest absolute Gasteiger partial charge is 0.325 e. The molecule has 5 nitrogen and oxygen atoms in total. The van der Waals surface area contributed by atoms with Crippen molar-refractivity contribution in [2.45, 2.75) is 38.5 Å². The van der Waals surface area contributed by atoms with Gasteiger partial charge < -0.3 is 5.32 Å². The lowest BCUT2D eigenvalue weighted by Crippen LogP contribution is -2.24. The van der Waals surface area contributed by atoms with Gasteiger partial charge in [0.1, 0.15) is 0 Å². The molecule has 164 valence electrons. The lowest BCUT2D eigenvalue weighted by Gasteiger charge is -2.20. The van der Waals surface area contributed by atoms with Crippen molar-refractivity contribution in [3.8, 4) is 0 Å². The van der Waals surface area contributed by atoms with E-state index >= 15 is 0 Å². The second-order valence-corrected chi connectivity index (χ2v) is 8.59. The molecule has 0 saturated heterocycles. The fourth-order valence-corrected chi connectivity index (χ4v) is 4.74. The molecule has 1 amide bonds. The summed E-state index contributed by atoms with van der Waals surface area (Å²) >= 11 is 0. The summed E-state index contributed by atoms with van der Waals surface area (Å²) < 4.78 is 0. The zero-order valence-corrected chi connectivity index (χ0v) is 18.1. The van der Waals surface area contributed by atoms with E-state index in [2.05, 4.69) is 5.32 Å². The van der Waals surface area contributed by atoms with E-state index in [4.69, 9.17) is 0 Å². The topological polar surface area (TPSA) is 80.3 Å². The molecule has 5 rings (SSSR count). The van der Waals surface area contributed by atoms with Crippen LogP contribution in [0.4, 0.5) is 5.69 Å². The fraction of sp³-hybridized carbons (Fsp3) is 0.214. The van der Waals surface area contributed by atoms with Gasteiger partial charge in [0.05, 0.1) is 11.3 Å². The van der Waals surface area contributed by atoms with Crippen LogP contribution in [0.25, 0.3) is 0 Å². The standard InChI is InChI=1S/C28H23NO4/c30-24(19-13-12-17-6-1-2-7-18(17)16-19)14-15-25(31)29-23-11-5-10-22-26(23)28(33)21-9-4-3-8-20(21)27(22)32/h3-5,8-13,16H,1-2,6-7,14-15H2,(H,29,31). The van der Waals surface area contributed by atoms with Crippen molar-refractivity contribution >= 4 is 28.9 Å². The van der Waals surface area contributed by atoms with Crippen LogP contribution in [0.3, 0.4) is 0 Å². The summed E-state index contributed by atoms with van der Waals surface area (Å²) in [4.78, 5) is 51.2. The van der Waals surface area contributed by atoms with Crippen molar-refractivity contribution < 1.29 is 19.2 Å². The number of hydrogen-bond donors (Lipinski definition) is 1. The van der Waals surface area contributed by atoms with Crippen LogP contribution >= 0.6 is 0 Å². The Morgan fingerprint density at radius 3 is 2.21 bits per heavy atom. The molecule has 0 atom stereocenters. The van der Waals surface area contributed by atoms with Crippen molar-refractivity contribution in [2.24, 2.45) is 0 Å². The van der Waals surface area contributed by atoms with E-state index in [-0.39, 0.29) is 47.2 Å². The molecule has 0 unspecified atom stereocenters. The fourth-order valence-electron chi connectivity index (χ4n) is 4.74. The van der Waals surface area contributed by atoms with E-state index in [1.54, 1.807) is 42.5 Å². The number of ketones is 3. The number of hydrogen-bond acceptors (Lipinski definition) is 4. The first-order chi connectivity index (χ1) is 16.0. The highest BCUT2D eigenvalue weighted by atomic mass is 16.2. The maximum absolute atomic E-state index is 13.1. The Kier molecular flexibility index (Phi) is 5.47. The predicted octanol–water partition coefficient (Wildman–Crippen LogP) is 4.94. The lowest BCUT2D eigenvalue weighted by atomic mass is 9.83. The van der Waals surface area contributed by atoms with Crippen LogP contribution in [0.15, 0.2) is 60.7 Å². The van der Waals surface area contributed by atoms with Crippen LogP contribution in [0.1, 0.15) is 79.0 Å². The van der Waals surface area contributed by atoms with Gasteiger partial charge in [-0.05, 0) is 48.9 Å². The van der Waals surface area contributed by atoms with Gasteiger partial charge in [0.2, 0.25) is 5.91 Å². The summed E-state index contributed by atoms with van der Waals surface area (Å²) in [7, 11) is 0. The first-order valence-corrected chi connectivity index (χ1v) is 11.3. The second kappa shape index (κ2) is 8.58. The number of fused-ring (bicyclic) bond motifs is 3. The number of carbonyl (C=O) groups is 4. The third kappa shape index (κ3) is 3.91. The van der Waals surface area contributed by atoms with Gasteiger partial charge in [0.25, 0.3) is 0 Å². The maximum Gasteiger partial charge on any atom is 0.224 e. The average molecular weight is 437 g/mol. The lowest BCUT2D eigenvalue weighted by molar-refractivity contribution is -0.116. The Hall–Kier alpha value is -3.86. The van der Waals surface area contributed by atoms with Gasteiger partial charge in [-0.25, -0.2) is 0 Å². The van der Waals surface area contributed by atoms with Crippen molar-refractivity contribution in [2.75, 3.05) is 5.32 Å². The molecular formula is C28H23NO4. The third-order valence-electron chi connectivity index (χ3n) is 6.48. The van der Waals surface area contributed by atoms with Crippen LogP contribution in [0.5, 0.6) is 0 Å². The Labute approximate surface area is 191 Å². The van der Waals surface area contributed by atoms with Gasteiger partial charge >= 0.3 is 0 Å². The summed E-state index contributed by atoms with van der Waals surface area (Å²) in [6, 6.07) is 17.4. The van der Waals surface area contributed by atoms with Crippen molar-refractivity contribution in [1.82, 2.24) is 0 Å². The van der Waals surface area contributed by atoms with Crippen molar-refractivity contribution in [3.63, 3.8) is 0 Å². The molecule has 2 aliphatic carbocycles. The van der Waals surface area contributed by atoms with E-state index < -0.39 is 0 Å². The molecule has 1 N–H and O–H groups in total. The Morgan fingerprint density at radius 2 is 1.42 bits per heavy atom. The van der Waals surface area contributed by atoms with E-state index in [1.165, 1.54) is 17.5 Å². The average Bonchev–Trinajstić information content (AvgIpc) is 2.85. The van der Waals surface area contributed by atoms with E-state index in [0.717, 1.165) is 19.3 Å². The highest BCUT2D eigenvalue weighted by molar-refractivity contribution is 6.30. The minimum atomic E-state index is -0.367. The predicted molar refractivity (Wildman–Crippen MR) is 125 cm³/mol. The molecule has 0 fully saturated rings. The Balaban J connectivity index is 1.30. The summed E-state index contributed by atoms with van der Waals surface area (Å²) in [6.45, 7) is 0. The molecule has 0 aromatic heterocycles. The van der Waals surface area contributed by atoms with E-state index in [0.29, 0.717) is 22.4 Å². The number of benzene rings is 3. The van der Waals surface area contributed by atoms with Crippen LogP contribution in [-0.2, 0) is 17.6 Å². The number of anilines is 1.